The van der Waals surface area contributed by atoms with Crippen molar-refractivity contribution in [2.45, 2.75) is 46.1 Å². The summed E-state index contributed by atoms with van der Waals surface area (Å²) in [6, 6.07) is 0.654. The first-order valence-corrected chi connectivity index (χ1v) is 4.00. The Morgan fingerprint density at radius 2 is 2.00 bits per heavy atom. The summed E-state index contributed by atoms with van der Waals surface area (Å²) in [5.41, 5.74) is 0. The molecule has 0 radical (unpaired) electrons. The maximum atomic E-state index is 3.38. The van der Waals surface area contributed by atoms with Gasteiger partial charge in [-0.3, -0.25) is 0 Å². The standard InChI is InChI=1S/C8H19N.H2/c1-4-5-6-7-9-8(2)3;/h8-9H,4-7H2,1-3H3;1H. The van der Waals surface area contributed by atoms with Gasteiger partial charge in [-0.15, -0.1) is 0 Å². The second-order valence-corrected chi connectivity index (χ2v) is 2.82. The molecule has 0 amide bonds. The monoisotopic (exact) mass is 131 g/mol. The zero-order chi connectivity index (χ0) is 7.11. The summed E-state index contributed by atoms with van der Waals surface area (Å²) in [5, 5.41) is 3.38. The average Bonchev–Trinajstić information content (AvgIpc) is 1.80. The highest BCUT2D eigenvalue weighted by atomic mass is 14.9. The number of nitrogens with one attached hydrogen (secondary N) is 1. The Labute approximate surface area is 60.3 Å². The van der Waals surface area contributed by atoms with Gasteiger partial charge in [0.15, 0.2) is 0 Å². The largest absolute Gasteiger partial charge is 0.315 e. The molecule has 0 bridgehead atoms. The van der Waals surface area contributed by atoms with E-state index in [1.807, 2.05) is 0 Å². The summed E-state index contributed by atoms with van der Waals surface area (Å²) in [4.78, 5) is 0. The first kappa shape index (κ1) is 8.96. The van der Waals surface area contributed by atoms with Crippen LogP contribution in [0.25, 0.3) is 0 Å². The van der Waals surface area contributed by atoms with Gasteiger partial charge in [0.05, 0.1) is 0 Å². The van der Waals surface area contributed by atoms with Crippen LogP contribution in [0.2, 0.25) is 0 Å². The zero-order valence-electron chi connectivity index (χ0n) is 6.91. The van der Waals surface area contributed by atoms with Crippen molar-refractivity contribution in [2.24, 2.45) is 0 Å². The zero-order valence-corrected chi connectivity index (χ0v) is 6.91. The van der Waals surface area contributed by atoms with Gasteiger partial charge in [0.25, 0.3) is 0 Å². The lowest BCUT2D eigenvalue weighted by Gasteiger charge is -2.05. The molecule has 0 aliphatic rings. The van der Waals surface area contributed by atoms with Crippen LogP contribution >= 0.6 is 0 Å². The van der Waals surface area contributed by atoms with Crippen molar-refractivity contribution in [3.05, 3.63) is 0 Å². The Morgan fingerprint density at radius 1 is 1.33 bits per heavy atom. The van der Waals surface area contributed by atoms with Crippen LogP contribution in [0, 0.1) is 0 Å². The fourth-order valence-electron chi connectivity index (χ4n) is 0.766. The van der Waals surface area contributed by atoms with E-state index in [4.69, 9.17) is 0 Å². The summed E-state index contributed by atoms with van der Waals surface area (Å²) in [6.07, 6.45) is 4.01. The minimum Gasteiger partial charge on any atom is -0.315 e. The Bertz CT molecular complexity index is 55.2. The molecule has 0 rings (SSSR count). The fraction of sp³-hybridized carbons (Fsp3) is 1.00. The van der Waals surface area contributed by atoms with Crippen molar-refractivity contribution in [2.75, 3.05) is 6.54 Å². The second kappa shape index (κ2) is 6.09. The van der Waals surface area contributed by atoms with Gasteiger partial charge in [-0.1, -0.05) is 33.6 Å². The van der Waals surface area contributed by atoms with Gasteiger partial charge in [-0.25, -0.2) is 0 Å². The van der Waals surface area contributed by atoms with Crippen molar-refractivity contribution < 1.29 is 1.43 Å². The van der Waals surface area contributed by atoms with E-state index in [0.717, 1.165) is 0 Å². The van der Waals surface area contributed by atoms with Crippen LogP contribution in [0.15, 0.2) is 0 Å². The van der Waals surface area contributed by atoms with Crippen LogP contribution < -0.4 is 5.32 Å². The molecule has 0 aliphatic carbocycles. The number of hydrogen-bond acceptors (Lipinski definition) is 1. The first-order chi connectivity index (χ1) is 4.27. The van der Waals surface area contributed by atoms with E-state index >= 15 is 0 Å². The molecule has 0 heterocycles. The molecule has 1 heteroatoms. The van der Waals surface area contributed by atoms with E-state index < -0.39 is 0 Å². The molecule has 1 nitrogen and oxygen atoms in total. The molecule has 0 unspecified atom stereocenters. The van der Waals surface area contributed by atoms with E-state index in [2.05, 4.69) is 26.1 Å². The Hall–Kier alpha value is -0.0400. The van der Waals surface area contributed by atoms with E-state index in [1.54, 1.807) is 0 Å². The molecule has 0 saturated heterocycles. The topological polar surface area (TPSA) is 12.0 Å². The predicted molar refractivity (Wildman–Crippen MR) is 44.8 cm³/mol. The SMILES string of the molecule is CCCCCNC(C)C.[HH]. The highest BCUT2D eigenvalue weighted by molar-refractivity contribution is 4.51. The maximum absolute atomic E-state index is 3.38. The highest BCUT2D eigenvalue weighted by Gasteiger charge is 1.89. The van der Waals surface area contributed by atoms with Gasteiger partial charge in [0.2, 0.25) is 0 Å². The summed E-state index contributed by atoms with van der Waals surface area (Å²) >= 11 is 0. The minimum atomic E-state index is 0. The summed E-state index contributed by atoms with van der Waals surface area (Å²) in [5.74, 6) is 0. The second-order valence-electron chi connectivity index (χ2n) is 2.82. The predicted octanol–water partition coefficient (Wildman–Crippen LogP) is 2.42. The van der Waals surface area contributed by atoms with Gasteiger partial charge < -0.3 is 5.32 Å². The summed E-state index contributed by atoms with van der Waals surface area (Å²) in [6.45, 7) is 7.79. The maximum Gasteiger partial charge on any atom is 0.00103 e. The van der Waals surface area contributed by atoms with Gasteiger partial charge in [-0.2, -0.15) is 0 Å². The van der Waals surface area contributed by atoms with Gasteiger partial charge in [0.1, 0.15) is 0 Å². The molecule has 0 spiro atoms. The van der Waals surface area contributed by atoms with Crippen molar-refractivity contribution in [3.8, 4) is 0 Å². The normalized spacial score (nSPS) is 10.7. The van der Waals surface area contributed by atoms with Crippen LogP contribution in [0.3, 0.4) is 0 Å². The Morgan fingerprint density at radius 3 is 2.44 bits per heavy atom. The lowest BCUT2D eigenvalue weighted by molar-refractivity contribution is 0.555. The Balaban J connectivity index is 0. The molecule has 9 heavy (non-hydrogen) atoms. The highest BCUT2D eigenvalue weighted by Crippen LogP contribution is 1.91. The molecular formula is C8H21N. The average molecular weight is 131 g/mol. The third kappa shape index (κ3) is 7.96. The lowest BCUT2D eigenvalue weighted by atomic mass is 10.2. The van der Waals surface area contributed by atoms with Crippen molar-refractivity contribution in [1.29, 1.82) is 0 Å². The summed E-state index contributed by atoms with van der Waals surface area (Å²) in [7, 11) is 0. The molecule has 0 aromatic carbocycles. The van der Waals surface area contributed by atoms with Crippen LogP contribution in [-0.4, -0.2) is 12.6 Å². The quantitative estimate of drug-likeness (QED) is 0.565. The first-order valence-electron chi connectivity index (χ1n) is 4.00. The van der Waals surface area contributed by atoms with E-state index in [9.17, 15) is 0 Å². The molecule has 0 fully saturated rings. The molecule has 0 aromatic heterocycles. The van der Waals surface area contributed by atoms with Gasteiger partial charge in [0, 0.05) is 7.47 Å². The van der Waals surface area contributed by atoms with Crippen molar-refractivity contribution in [3.63, 3.8) is 0 Å². The van der Waals surface area contributed by atoms with Crippen LogP contribution in [-0.2, 0) is 0 Å². The molecule has 58 valence electrons. The number of rotatable bonds is 5. The smallest absolute Gasteiger partial charge is 0.00103 e. The van der Waals surface area contributed by atoms with Crippen molar-refractivity contribution in [1.82, 2.24) is 5.32 Å². The molecule has 0 atom stereocenters. The molecule has 0 aliphatic heterocycles. The number of unbranched alkanes of at least 4 members (excludes halogenated alkanes) is 2. The van der Waals surface area contributed by atoms with E-state index in [-0.39, 0.29) is 1.43 Å². The number of hydrogen-bond donors (Lipinski definition) is 1. The van der Waals surface area contributed by atoms with E-state index in [0.29, 0.717) is 6.04 Å². The van der Waals surface area contributed by atoms with Crippen LogP contribution in [0.4, 0.5) is 0 Å². The molecule has 0 aromatic rings. The minimum absolute atomic E-state index is 0. The van der Waals surface area contributed by atoms with Crippen LogP contribution in [0.1, 0.15) is 41.5 Å². The third-order valence-electron chi connectivity index (χ3n) is 1.33. The summed E-state index contributed by atoms with van der Waals surface area (Å²) < 4.78 is 0. The molecule has 1 N–H and O–H groups in total. The third-order valence-corrected chi connectivity index (χ3v) is 1.33. The van der Waals surface area contributed by atoms with Crippen LogP contribution in [0.5, 0.6) is 0 Å². The fourth-order valence-corrected chi connectivity index (χ4v) is 0.766. The van der Waals surface area contributed by atoms with Gasteiger partial charge >= 0.3 is 0 Å². The van der Waals surface area contributed by atoms with E-state index in [1.165, 1.54) is 25.8 Å². The van der Waals surface area contributed by atoms with Gasteiger partial charge in [-0.05, 0) is 13.0 Å². The molecule has 0 saturated carbocycles. The van der Waals surface area contributed by atoms with Crippen molar-refractivity contribution >= 4 is 0 Å². The Kier molecular flexibility index (Phi) is 6.06. The lowest BCUT2D eigenvalue weighted by Crippen LogP contribution is -2.23. The molecular weight excluding hydrogens is 110 g/mol.